The molecule has 0 aliphatic rings. The summed E-state index contributed by atoms with van der Waals surface area (Å²) in [5.41, 5.74) is -1.19. The van der Waals surface area contributed by atoms with Gasteiger partial charge in [-0.25, -0.2) is 0 Å². The van der Waals surface area contributed by atoms with E-state index < -0.39 is 17.5 Å². The van der Waals surface area contributed by atoms with E-state index in [1.165, 1.54) is 6.07 Å². The Balaban J connectivity index is 3.66. The van der Waals surface area contributed by atoms with Crippen molar-refractivity contribution in [2.45, 2.75) is 26.4 Å². The van der Waals surface area contributed by atoms with Gasteiger partial charge in [-0.3, -0.25) is 4.79 Å². The molecule has 5 heteroatoms. The fourth-order valence-corrected chi connectivity index (χ4v) is 1.68. The predicted molar refractivity (Wildman–Crippen MR) is 55.5 cm³/mol. The normalized spacial score (nSPS) is 11.1. The Bertz CT molecular complexity index is 498. The highest BCUT2D eigenvalue weighted by Gasteiger charge is 2.36. The van der Waals surface area contributed by atoms with Crippen molar-refractivity contribution in [2.24, 2.45) is 0 Å². The third kappa shape index (κ3) is 2.64. The zero-order valence-electron chi connectivity index (χ0n) is 9.35. The van der Waals surface area contributed by atoms with Crippen LogP contribution in [0.1, 0.15) is 40.9 Å². The number of nitrogens with zero attached hydrogens (tertiary/aromatic N) is 1. The highest BCUT2D eigenvalue weighted by atomic mass is 19.4. The van der Waals surface area contributed by atoms with Gasteiger partial charge in [0.05, 0.1) is 17.2 Å². The molecule has 0 bridgehead atoms. The molecule has 0 aliphatic heterocycles. The van der Waals surface area contributed by atoms with Crippen molar-refractivity contribution in [1.29, 1.82) is 5.26 Å². The number of ketones is 1. The van der Waals surface area contributed by atoms with Gasteiger partial charge in [-0.1, -0.05) is 6.92 Å². The van der Waals surface area contributed by atoms with Crippen molar-refractivity contribution in [3.8, 4) is 6.07 Å². The van der Waals surface area contributed by atoms with Gasteiger partial charge >= 0.3 is 6.18 Å². The summed E-state index contributed by atoms with van der Waals surface area (Å²) in [7, 11) is 0. The summed E-state index contributed by atoms with van der Waals surface area (Å²) >= 11 is 0. The van der Waals surface area contributed by atoms with Gasteiger partial charge in [0.25, 0.3) is 0 Å². The first-order valence-corrected chi connectivity index (χ1v) is 4.96. The molecule has 0 radical (unpaired) electrons. The summed E-state index contributed by atoms with van der Waals surface area (Å²) in [6.07, 6.45) is -4.36. The number of rotatable bonds is 2. The van der Waals surface area contributed by atoms with Crippen LogP contribution in [0.25, 0.3) is 0 Å². The fraction of sp³-hybridized carbons (Fsp3) is 0.333. The zero-order chi connectivity index (χ0) is 13.2. The molecule has 0 fully saturated rings. The second-order valence-corrected chi connectivity index (χ2v) is 3.58. The maximum atomic E-state index is 12.8. The van der Waals surface area contributed by atoms with Crippen LogP contribution in [0, 0.1) is 11.3 Å². The third-order valence-electron chi connectivity index (χ3n) is 2.39. The number of halogens is 3. The van der Waals surface area contributed by atoms with Crippen LogP contribution in [0.4, 0.5) is 13.2 Å². The van der Waals surface area contributed by atoms with E-state index in [1.54, 1.807) is 13.0 Å². The lowest BCUT2D eigenvalue weighted by Crippen LogP contribution is -2.14. The molecule has 0 amide bonds. The summed E-state index contributed by atoms with van der Waals surface area (Å²) < 4.78 is 38.3. The number of hydrogen-bond donors (Lipinski definition) is 0. The van der Waals surface area contributed by atoms with E-state index in [4.69, 9.17) is 5.26 Å². The summed E-state index contributed by atoms with van der Waals surface area (Å²) in [6.45, 7) is 2.73. The maximum absolute atomic E-state index is 12.8. The molecule has 0 saturated heterocycles. The van der Waals surface area contributed by atoms with E-state index in [0.717, 1.165) is 13.0 Å². The lowest BCUT2D eigenvalue weighted by molar-refractivity contribution is -0.138. The smallest absolute Gasteiger partial charge is 0.294 e. The number of alkyl halides is 3. The molecule has 1 aromatic rings. The van der Waals surface area contributed by atoms with Crippen LogP contribution in [-0.4, -0.2) is 5.78 Å². The van der Waals surface area contributed by atoms with Crippen molar-refractivity contribution in [1.82, 2.24) is 0 Å². The maximum Gasteiger partial charge on any atom is 0.417 e. The second kappa shape index (κ2) is 4.58. The molecule has 90 valence electrons. The van der Waals surface area contributed by atoms with Crippen LogP contribution in [0.2, 0.25) is 0 Å². The summed E-state index contributed by atoms with van der Waals surface area (Å²) in [6, 6.07) is 3.71. The molecular formula is C12H10F3NO. The first kappa shape index (κ1) is 13.2. The Morgan fingerprint density at radius 1 is 1.41 bits per heavy atom. The Hall–Kier alpha value is -1.83. The Morgan fingerprint density at radius 3 is 2.35 bits per heavy atom. The van der Waals surface area contributed by atoms with Crippen molar-refractivity contribution < 1.29 is 18.0 Å². The van der Waals surface area contributed by atoms with E-state index in [1.807, 2.05) is 0 Å². The van der Waals surface area contributed by atoms with Crippen LogP contribution in [0.3, 0.4) is 0 Å². The fourth-order valence-electron chi connectivity index (χ4n) is 1.68. The monoisotopic (exact) mass is 241 g/mol. The molecule has 0 unspecified atom stereocenters. The Kier molecular flexibility index (Phi) is 3.56. The first-order chi connectivity index (χ1) is 7.81. The van der Waals surface area contributed by atoms with E-state index in [2.05, 4.69) is 0 Å². The molecule has 0 aromatic heterocycles. The highest BCUT2D eigenvalue weighted by molar-refractivity contribution is 5.97. The van der Waals surface area contributed by atoms with E-state index >= 15 is 0 Å². The number of carbonyl (C=O) groups is 1. The number of Topliss-reactive ketones (excluding diaryl/α,β-unsaturated/α-hetero) is 1. The van der Waals surface area contributed by atoms with Crippen LogP contribution < -0.4 is 0 Å². The molecule has 2 nitrogen and oxygen atoms in total. The lowest BCUT2D eigenvalue weighted by atomic mass is 9.93. The molecule has 0 atom stereocenters. The molecule has 0 aliphatic carbocycles. The van der Waals surface area contributed by atoms with Gasteiger partial charge in [-0.05, 0) is 31.0 Å². The average Bonchev–Trinajstić information content (AvgIpc) is 2.25. The number of benzene rings is 1. The Labute approximate surface area is 96.7 Å². The SMILES string of the molecule is CCc1cc(C#N)cc(C(F)(F)F)c1C(C)=O. The quantitative estimate of drug-likeness (QED) is 0.745. The van der Waals surface area contributed by atoms with Gasteiger partial charge < -0.3 is 0 Å². The topological polar surface area (TPSA) is 40.9 Å². The van der Waals surface area contributed by atoms with Crippen LogP contribution in [0.5, 0.6) is 0 Å². The van der Waals surface area contributed by atoms with Crippen molar-refractivity contribution >= 4 is 5.78 Å². The number of carbonyl (C=O) groups excluding carboxylic acids is 1. The predicted octanol–water partition coefficient (Wildman–Crippen LogP) is 3.34. The molecule has 0 saturated carbocycles. The number of aryl methyl sites for hydroxylation is 1. The van der Waals surface area contributed by atoms with Gasteiger partial charge in [-0.15, -0.1) is 0 Å². The van der Waals surface area contributed by atoms with Crippen LogP contribution in [0.15, 0.2) is 12.1 Å². The van der Waals surface area contributed by atoms with Crippen molar-refractivity contribution in [3.05, 3.63) is 34.4 Å². The van der Waals surface area contributed by atoms with Crippen LogP contribution in [-0.2, 0) is 12.6 Å². The number of hydrogen-bond acceptors (Lipinski definition) is 2. The molecular weight excluding hydrogens is 231 g/mol. The van der Waals surface area contributed by atoms with E-state index in [-0.39, 0.29) is 23.1 Å². The third-order valence-corrected chi connectivity index (χ3v) is 2.39. The second-order valence-electron chi connectivity index (χ2n) is 3.58. The van der Waals surface area contributed by atoms with Crippen molar-refractivity contribution in [2.75, 3.05) is 0 Å². The summed E-state index contributed by atoms with van der Waals surface area (Å²) in [5, 5.41) is 8.67. The minimum Gasteiger partial charge on any atom is -0.294 e. The highest BCUT2D eigenvalue weighted by Crippen LogP contribution is 2.34. The largest absolute Gasteiger partial charge is 0.417 e. The molecule has 0 N–H and O–H groups in total. The van der Waals surface area contributed by atoms with Gasteiger partial charge in [0.1, 0.15) is 0 Å². The molecule has 1 rings (SSSR count). The minimum absolute atomic E-state index is 0.0841. The molecule has 0 spiro atoms. The van der Waals surface area contributed by atoms with Gasteiger partial charge in [-0.2, -0.15) is 18.4 Å². The van der Waals surface area contributed by atoms with Crippen molar-refractivity contribution in [3.63, 3.8) is 0 Å². The lowest BCUT2D eigenvalue weighted by Gasteiger charge is -2.14. The Morgan fingerprint density at radius 2 is 2.00 bits per heavy atom. The van der Waals surface area contributed by atoms with Gasteiger partial charge in [0, 0.05) is 5.56 Å². The zero-order valence-corrected chi connectivity index (χ0v) is 9.35. The van der Waals surface area contributed by atoms with E-state index in [9.17, 15) is 18.0 Å². The first-order valence-electron chi connectivity index (χ1n) is 4.96. The van der Waals surface area contributed by atoms with Crippen LogP contribution >= 0.6 is 0 Å². The molecule has 1 aromatic carbocycles. The minimum atomic E-state index is -4.63. The molecule has 17 heavy (non-hydrogen) atoms. The number of nitriles is 1. The molecule has 0 heterocycles. The summed E-state index contributed by atoms with van der Waals surface area (Å²) in [4.78, 5) is 11.3. The van der Waals surface area contributed by atoms with E-state index in [0.29, 0.717) is 0 Å². The summed E-state index contributed by atoms with van der Waals surface area (Å²) in [5.74, 6) is -0.640. The average molecular weight is 241 g/mol. The van der Waals surface area contributed by atoms with Gasteiger partial charge in [0.15, 0.2) is 5.78 Å². The standard InChI is InChI=1S/C12H10F3NO/c1-3-9-4-8(6-16)5-10(12(13,14)15)11(9)7(2)17/h4-5H,3H2,1-2H3. The van der Waals surface area contributed by atoms with Gasteiger partial charge in [0.2, 0.25) is 0 Å².